The molecule has 1 aromatic rings. The number of hydrogen-bond donors (Lipinski definition) is 2. The first-order valence-corrected chi connectivity index (χ1v) is 5.34. The quantitative estimate of drug-likeness (QED) is 0.879. The van der Waals surface area contributed by atoms with Crippen LogP contribution in [0, 0.1) is 0 Å². The minimum absolute atomic E-state index is 0.0556. The maximum absolute atomic E-state index is 10.5. The fourth-order valence-corrected chi connectivity index (χ4v) is 2.52. The van der Waals surface area contributed by atoms with Crippen molar-refractivity contribution in [3.63, 3.8) is 0 Å². The van der Waals surface area contributed by atoms with Gasteiger partial charge < -0.3 is 10.8 Å². The van der Waals surface area contributed by atoms with Crippen LogP contribution < -0.4 is 5.73 Å². The lowest BCUT2D eigenvalue weighted by atomic mass is 9.97. The summed E-state index contributed by atoms with van der Waals surface area (Å²) in [7, 11) is 0. The van der Waals surface area contributed by atoms with Crippen molar-refractivity contribution in [1.29, 1.82) is 0 Å². The molecule has 5 heteroatoms. The maximum Gasteiger partial charge on any atom is 0.305 e. The summed E-state index contributed by atoms with van der Waals surface area (Å²) in [6, 6.07) is 1.85. The number of halogens is 1. The molecule has 3 N–H and O–H groups in total. The zero-order valence-corrected chi connectivity index (χ0v) is 9.48. The summed E-state index contributed by atoms with van der Waals surface area (Å²) in [4.78, 5) is 11.4. The minimum atomic E-state index is -0.880. The van der Waals surface area contributed by atoms with Gasteiger partial charge in [0.15, 0.2) is 0 Å². The van der Waals surface area contributed by atoms with Gasteiger partial charge in [0.25, 0.3) is 0 Å². The first-order chi connectivity index (χ1) is 5.92. The standard InChI is InChI=1S/C8H10BrNO2S/c1-8(10,3-7(11)12)6-2-5(9)4-13-6/h2,4H,3,10H2,1H3,(H,11,12)/t8-/m1/s1. The van der Waals surface area contributed by atoms with Gasteiger partial charge in [0.1, 0.15) is 0 Å². The Labute approximate surface area is 88.7 Å². The fraction of sp³-hybridized carbons (Fsp3) is 0.375. The lowest BCUT2D eigenvalue weighted by Crippen LogP contribution is -2.34. The molecule has 0 aromatic carbocycles. The Morgan fingerprint density at radius 2 is 2.46 bits per heavy atom. The number of hydrogen-bond acceptors (Lipinski definition) is 3. The highest BCUT2D eigenvalue weighted by atomic mass is 79.9. The van der Waals surface area contributed by atoms with Crippen molar-refractivity contribution in [3.05, 3.63) is 20.8 Å². The van der Waals surface area contributed by atoms with Gasteiger partial charge in [0, 0.05) is 14.7 Å². The van der Waals surface area contributed by atoms with Gasteiger partial charge in [-0.1, -0.05) is 0 Å². The summed E-state index contributed by atoms with van der Waals surface area (Å²) in [6.07, 6.45) is -0.0556. The summed E-state index contributed by atoms with van der Waals surface area (Å²) in [6.45, 7) is 1.72. The van der Waals surface area contributed by atoms with E-state index in [1.54, 1.807) is 6.92 Å². The number of thiophene rings is 1. The van der Waals surface area contributed by atoms with Crippen LogP contribution in [-0.4, -0.2) is 11.1 Å². The molecule has 13 heavy (non-hydrogen) atoms. The molecule has 1 heterocycles. The van der Waals surface area contributed by atoms with Gasteiger partial charge in [-0.2, -0.15) is 0 Å². The Bertz CT molecular complexity index is 322. The number of nitrogens with two attached hydrogens (primary N) is 1. The molecule has 0 spiro atoms. The lowest BCUT2D eigenvalue weighted by molar-refractivity contribution is -0.138. The van der Waals surface area contributed by atoms with E-state index >= 15 is 0 Å². The van der Waals surface area contributed by atoms with E-state index in [9.17, 15) is 4.79 Å². The molecule has 0 saturated heterocycles. The van der Waals surface area contributed by atoms with Crippen LogP contribution in [0.1, 0.15) is 18.2 Å². The second kappa shape index (κ2) is 3.77. The molecule has 0 amide bonds. The largest absolute Gasteiger partial charge is 0.481 e. The fourth-order valence-electron chi connectivity index (χ4n) is 1.01. The first kappa shape index (κ1) is 10.7. The van der Waals surface area contributed by atoms with E-state index in [0.29, 0.717) is 0 Å². The number of carboxylic acids is 1. The van der Waals surface area contributed by atoms with Gasteiger partial charge in [0.2, 0.25) is 0 Å². The molecule has 0 aliphatic rings. The third-order valence-corrected chi connectivity index (χ3v) is 3.62. The van der Waals surface area contributed by atoms with Crippen molar-refractivity contribution >= 4 is 33.2 Å². The maximum atomic E-state index is 10.5. The van der Waals surface area contributed by atoms with Crippen molar-refractivity contribution in [2.24, 2.45) is 5.73 Å². The second-order valence-electron chi connectivity index (χ2n) is 3.12. The summed E-state index contributed by atoms with van der Waals surface area (Å²) in [5.74, 6) is -0.880. The minimum Gasteiger partial charge on any atom is -0.481 e. The first-order valence-electron chi connectivity index (χ1n) is 3.67. The molecule has 1 aromatic heterocycles. The van der Waals surface area contributed by atoms with Gasteiger partial charge in [-0.05, 0) is 28.9 Å². The highest BCUT2D eigenvalue weighted by Crippen LogP contribution is 2.30. The Balaban J connectivity index is 2.86. The predicted molar refractivity (Wildman–Crippen MR) is 55.8 cm³/mol. The van der Waals surface area contributed by atoms with Crippen LogP contribution in [0.3, 0.4) is 0 Å². The van der Waals surface area contributed by atoms with Crippen LogP contribution in [0.5, 0.6) is 0 Å². The van der Waals surface area contributed by atoms with E-state index in [0.717, 1.165) is 9.35 Å². The van der Waals surface area contributed by atoms with Crippen LogP contribution in [-0.2, 0) is 10.3 Å². The van der Waals surface area contributed by atoms with E-state index in [4.69, 9.17) is 10.8 Å². The molecule has 3 nitrogen and oxygen atoms in total. The van der Waals surface area contributed by atoms with Gasteiger partial charge in [0.05, 0.1) is 12.0 Å². The summed E-state index contributed by atoms with van der Waals surface area (Å²) in [5.41, 5.74) is 5.09. The van der Waals surface area contributed by atoms with Crippen LogP contribution in [0.2, 0.25) is 0 Å². The Kier molecular flexibility index (Phi) is 3.10. The summed E-state index contributed by atoms with van der Waals surface area (Å²) < 4.78 is 0.939. The molecule has 0 aliphatic carbocycles. The second-order valence-corrected chi connectivity index (χ2v) is 4.94. The summed E-state index contributed by atoms with van der Waals surface area (Å²) >= 11 is 4.76. The molecule has 0 saturated carbocycles. The van der Waals surface area contributed by atoms with Crippen LogP contribution in [0.25, 0.3) is 0 Å². The van der Waals surface area contributed by atoms with Crippen molar-refractivity contribution in [1.82, 2.24) is 0 Å². The van der Waals surface area contributed by atoms with Crippen molar-refractivity contribution in [2.45, 2.75) is 18.9 Å². The molecule has 0 unspecified atom stereocenters. The molecule has 0 bridgehead atoms. The van der Waals surface area contributed by atoms with Crippen LogP contribution in [0.4, 0.5) is 0 Å². The smallest absolute Gasteiger partial charge is 0.305 e. The molecule has 1 atom stereocenters. The zero-order chi connectivity index (χ0) is 10.1. The normalized spacial score (nSPS) is 15.3. The number of aliphatic carboxylic acids is 1. The van der Waals surface area contributed by atoms with Crippen LogP contribution >= 0.6 is 27.3 Å². The Hall–Kier alpha value is -0.390. The molecular formula is C8H10BrNO2S. The number of carbonyl (C=O) groups is 1. The molecule has 1 rings (SSSR count). The van der Waals surface area contributed by atoms with Gasteiger partial charge >= 0.3 is 5.97 Å². The number of rotatable bonds is 3. The van der Waals surface area contributed by atoms with Crippen LogP contribution in [0.15, 0.2) is 15.9 Å². The average Bonchev–Trinajstić information content (AvgIpc) is 2.32. The van der Waals surface area contributed by atoms with E-state index < -0.39 is 11.5 Å². The third kappa shape index (κ3) is 2.79. The van der Waals surface area contributed by atoms with Gasteiger partial charge in [-0.15, -0.1) is 11.3 Å². The molecule has 0 aliphatic heterocycles. The Morgan fingerprint density at radius 1 is 1.85 bits per heavy atom. The SMILES string of the molecule is C[C@@](N)(CC(=O)O)c1cc(Br)cs1. The molecule has 0 radical (unpaired) electrons. The summed E-state index contributed by atoms with van der Waals surface area (Å²) in [5, 5.41) is 10.5. The van der Waals surface area contributed by atoms with E-state index in [1.807, 2.05) is 11.4 Å². The van der Waals surface area contributed by atoms with Gasteiger partial charge in [-0.3, -0.25) is 4.79 Å². The van der Waals surface area contributed by atoms with Crippen molar-refractivity contribution in [2.75, 3.05) is 0 Å². The monoisotopic (exact) mass is 263 g/mol. The van der Waals surface area contributed by atoms with Crippen molar-refractivity contribution in [3.8, 4) is 0 Å². The third-order valence-electron chi connectivity index (χ3n) is 1.65. The molecule has 0 fully saturated rings. The zero-order valence-electron chi connectivity index (χ0n) is 7.08. The number of carboxylic acid groups (broad SMARTS) is 1. The lowest BCUT2D eigenvalue weighted by Gasteiger charge is -2.20. The van der Waals surface area contributed by atoms with E-state index in [2.05, 4.69) is 15.9 Å². The topological polar surface area (TPSA) is 63.3 Å². The highest BCUT2D eigenvalue weighted by Gasteiger charge is 2.26. The van der Waals surface area contributed by atoms with E-state index in [-0.39, 0.29) is 6.42 Å². The van der Waals surface area contributed by atoms with Crippen molar-refractivity contribution < 1.29 is 9.90 Å². The van der Waals surface area contributed by atoms with E-state index in [1.165, 1.54) is 11.3 Å². The highest BCUT2D eigenvalue weighted by molar-refractivity contribution is 9.10. The predicted octanol–water partition coefficient (Wildman–Crippen LogP) is 2.16. The average molecular weight is 264 g/mol. The molecule has 72 valence electrons. The van der Waals surface area contributed by atoms with Gasteiger partial charge in [-0.25, -0.2) is 0 Å². The Morgan fingerprint density at radius 3 is 2.85 bits per heavy atom. The molecular weight excluding hydrogens is 254 g/mol.